The van der Waals surface area contributed by atoms with E-state index in [-0.39, 0.29) is 0 Å². The standard InChI is InChI=1S/C14H22N4/c1-15-7-13-17-16-8-18(13)14-11-3-9-2-10(5-11)6-12(14)4-9/h8-12,14-15H,2-7H2,1H3. The van der Waals surface area contributed by atoms with Gasteiger partial charge in [-0.3, -0.25) is 0 Å². The van der Waals surface area contributed by atoms with Crippen LogP contribution in [0.4, 0.5) is 0 Å². The Morgan fingerprint density at radius 1 is 1.17 bits per heavy atom. The van der Waals surface area contributed by atoms with Gasteiger partial charge in [-0.1, -0.05) is 0 Å². The number of aromatic nitrogens is 3. The van der Waals surface area contributed by atoms with Gasteiger partial charge >= 0.3 is 0 Å². The molecule has 1 aromatic heterocycles. The quantitative estimate of drug-likeness (QED) is 0.887. The molecule has 4 aliphatic carbocycles. The summed E-state index contributed by atoms with van der Waals surface area (Å²) >= 11 is 0. The second-order valence-electron chi connectivity index (χ2n) is 6.61. The second-order valence-corrected chi connectivity index (χ2v) is 6.61. The van der Waals surface area contributed by atoms with Crippen LogP contribution < -0.4 is 5.32 Å². The highest BCUT2D eigenvalue weighted by Gasteiger charge is 2.49. The van der Waals surface area contributed by atoms with Crippen LogP contribution in [0.5, 0.6) is 0 Å². The summed E-state index contributed by atoms with van der Waals surface area (Å²) in [5, 5.41) is 11.6. The SMILES string of the molecule is CNCc1nncn1C1C2CC3CC(C2)CC1C3. The molecule has 0 aliphatic heterocycles. The summed E-state index contributed by atoms with van der Waals surface area (Å²) in [6.07, 6.45) is 9.30. The fourth-order valence-corrected chi connectivity index (χ4v) is 5.15. The molecule has 98 valence electrons. The second kappa shape index (κ2) is 4.05. The largest absolute Gasteiger partial charge is 0.313 e. The van der Waals surface area contributed by atoms with Gasteiger partial charge in [0.05, 0.1) is 6.54 Å². The number of hydrogen-bond donors (Lipinski definition) is 1. The van der Waals surface area contributed by atoms with Crippen molar-refractivity contribution in [1.29, 1.82) is 0 Å². The highest BCUT2D eigenvalue weighted by Crippen LogP contribution is 2.58. The molecule has 0 spiro atoms. The summed E-state index contributed by atoms with van der Waals surface area (Å²) in [4.78, 5) is 0. The summed E-state index contributed by atoms with van der Waals surface area (Å²) in [6, 6.07) is 0.691. The number of hydrogen-bond acceptors (Lipinski definition) is 3. The van der Waals surface area contributed by atoms with Crippen molar-refractivity contribution in [2.75, 3.05) is 7.05 Å². The fourth-order valence-electron chi connectivity index (χ4n) is 5.15. The highest BCUT2D eigenvalue weighted by atomic mass is 15.3. The van der Waals surface area contributed by atoms with Gasteiger partial charge in [0.1, 0.15) is 12.2 Å². The first-order valence-electron chi connectivity index (χ1n) is 7.38. The van der Waals surface area contributed by atoms with Gasteiger partial charge in [0.15, 0.2) is 0 Å². The van der Waals surface area contributed by atoms with Crippen LogP contribution in [-0.2, 0) is 6.54 Å². The monoisotopic (exact) mass is 246 g/mol. The van der Waals surface area contributed by atoms with E-state index in [9.17, 15) is 0 Å². The molecule has 4 aliphatic rings. The molecule has 4 nitrogen and oxygen atoms in total. The molecule has 4 fully saturated rings. The first kappa shape index (κ1) is 11.0. The van der Waals surface area contributed by atoms with Crippen molar-refractivity contribution in [3.05, 3.63) is 12.2 Å². The Hall–Kier alpha value is -0.900. The Morgan fingerprint density at radius 3 is 2.44 bits per heavy atom. The predicted molar refractivity (Wildman–Crippen MR) is 68.9 cm³/mol. The van der Waals surface area contributed by atoms with Gasteiger partial charge < -0.3 is 9.88 Å². The molecule has 18 heavy (non-hydrogen) atoms. The van der Waals surface area contributed by atoms with Gasteiger partial charge in [0.25, 0.3) is 0 Å². The summed E-state index contributed by atoms with van der Waals surface area (Å²) in [5.41, 5.74) is 0. The highest BCUT2D eigenvalue weighted by molar-refractivity contribution is 5.03. The Labute approximate surface area is 108 Å². The van der Waals surface area contributed by atoms with Crippen LogP contribution in [0.25, 0.3) is 0 Å². The van der Waals surface area contributed by atoms with Crippen molar-refractivity contribution in [3.8, 4) is 0 Å². The lowest BCUT2D eigenvalue weighted by atomic mass is 9.54. The Bertz CT molecular complexity index is 411. The van der Waals surface area contributed by atoms with Crippen LogP contribution in [0.3, 0.4) is 0 Å². The molecule has 4 bridgehead atoms. The third kappa shape index (κ3) is 1.54. The lowest BCUT2D eigenvalue weighted by molar-refractivity contribution is -0.0303. The van der Waals surface area contributed by atoms with Gasteiger partial charge in [-0.2, -0.15) is 0 Å². The smallest absolute Gasteiger partial charge is 0.147 e. The zero-order valence-electron chi connectivity index (χ0n) is 11.0. The average Bonchev–Trinajstić information content (AvgIpc) is 2.76. The minimum atomic E-state index is 0.691. The van der Waals surface area contributed by atoms with Gasteiger partial charge in [0, 0.05) is 6.04 Å². The molecule has 4 heteroatoms. The number of rotatable bonds is 3. The van der Waals surface area contributed by atoms with Gasteiger partial charge in [-0.15, -0.1) is 10.2 Å². The zero-order chi connectivity index (χ0) is 12.1. The third-order valence-electron chi connectivity index (χ3n) is 5.48. The Kier molecular flexibility index (Phi) is 2.47. The van der Waals surface area contributed by atoms with E-state index >= 15 is 0 Å². The van der Waals surface area contributed by atoms with Crippen LogP contribution in [-0.4, -0.2) is 21.8 Å². The number of nitrogens with zero attached hydrogens (tertiary/aromatic N) is 3. The van der Waals surface area contributed by atoms with Gasteiger partial charge in [-0.25, -0.2) is 0 Å². The molecular formula is C14H22N4. The van der Waals surface area contributed by atoms with Crippen LogP contribution in [0, 0.1) is 23.7 Å². The first-order valence-corrected chi connectivity index (χ1v) is 7.38. The van der Waals surface area contributed by atoms with Crippen LogP contribution in [0.1, 0.15) is 44.0 Å². The van der Waals surface area contributed by atoms with Crippen LogP contribution >= 0.6 is 0 Å². The van der Waals surface area contributed by atoms with E-state index < -0.39 is 0 Å². The zero-order valence-corrected chi connectivity index (χ0v) is 11.0. The van der Waals surface area contributed by atoms with E-state index in [4.69, 9.17) is 0 Å². The molecule has 4 saturated carbocycles. The summed E-state index contributed by atoms with van der Waals surface area (Å²) in [5.74, 6) is 4.98. The first-order chi connectivity index (χ1) is 8.85. The Morgan fingerprint density at radius 2 is 1.83 bits per heavy atom. The maximum atomic E-state index is 4.29. The Balaban J connectivity index is 1.66. The normalized spacial score (nSPS) is 41.5. The molecule has 0 unspecified atom stereocenters. The van der Waals surface area contributed by atoms with Crippen molar-refractivity contribution < 1.29 is 0 Å². The molecule has 5 rings (SSSR count). The minimum absolute atomic E-state index is 0.691. The summed E-state index contributed by atoms with van der Waals surface area (Å²) < 4.78 is 2.39. The van der Waals surface area contributed by atoms with Crippen molar-refractivity contribution in [1.82, 2.24) is 20.1 Å². The molecule has 1 heterocycles. The molecule has 0 atom stereocenters. The molecule has 0 aromatic carbocycles. The molecule has 1 aromatic rings. The van der Waals surface area contributed by atoms with Gasteiger partial charge in [-0.05, 0) is 62.8 Å². The van der Waals surface area contributed by atoms with E-state index in [1.165, 1.54) is 32.1 Å². The van der Waals surface area contributed by atoms with Crippen molar-refractivity contribution in [2.45, 2.75) is 44.7 Å². The molecule has 1 N–H and O–H groups in total. The van der Waals surface area contributed by atoms with E-state index in [0.717, 1.165) is 36.0 Å². The molecular weight excluding hydrogens is 224 g/mol. The van der Waals surface area contributed by atoms with E-state index in [1.54, 1.807) is 0 Å². The lowest BCUT2D eigenvalue weighted by Crippen LogP contribution is -2.46. The lowest BCUT2D eigenvalue weighted by Gasteiger charge is -2.54. The molecule has 0 radical (unpaired) electrons. The fraction of sp³-hybridized carbons (Fsp3) is 0.857. The maximum Gasteiger partial charge on any atom is 0.147 e. The molecule has 0 saturated heterocycles. The average molecular weight is 246 g/mol. The van der Waals surface area contributed by atoms with E-state index in [2.05, 4.69) is 20.1 Å². The van der Waals surface area contributed by atoms with Crippen LogP contribution in [0.2, 0.25) is 0 Å². The van der Waals surface area contributed by atoms with Gasteiger partial charge in [0.2, 0.25) is 0 Å². The summed E-state index contributed by atoms with van der Waals surface area (Å²) in [6.45, 7) is 0.836. The van der Waals surface area contributed by atoms with Crippen molar-refractivity contribution >= 4 is 0 Å². The van der Waals surface area contributed by atoms with Crippen molar-refractivity contribution in [3.63, 3.8) is 0 Å². The predicted octanol–water partition coefficient (Wildman–Crippen LogP) is 1.99. The van der Waals surface area contributed by atoms with Crippen LogP contribution in [0.15, 0.2) is 6.33 Å². The molecule has 0 amide bonds. The topological polar surface area (TPSA) is 42.7 Å². The third-order valence-corrected chi connectivity index (χ3v) is 5.48. The van der Waals surface area contributed by atoms with Crippen molar-refractivity contribution in [2.24, 2.45) is 23.7 Å². The number of nitrogens with one attached hydrogen (secondary N) is 1. The summed E-state index contributed by atoms with van der Waals surface area (Å²) in [7, 11) is 1.98. The van der Waals surface area contributed by atoms with E-state index in [1.807, 2.05) is 13.4 Å². The van der Waals surface area contributed by atoms with E-state index in [0.29, 0.717) is 6.04 Å². The maximum absolute atomic E-state index is 4.29. The minimum Gasteiger partial charge on any atom is -0.313 e.